The lowest BCUT2D eigenvalue weighted by molar-refractivity contribution is -0.146. The van der Waals surface area contributed by atoms with Gasteiger partial charge in [-0.05, 0) is 19.8 Å². The number of nitrogens with one attached hydrogen (secondary N) is 1. The largest absolute Gasteiger partial charge is 0.467 e. The van der Waals surface area contributed by atoms with Crippen LogP contribution in [-0.4, -0.2) is 38.2 Å². The van der Waals surface area contributed by atoms with Crippen LogP contribution in [0.25, 0.3) is 0 Å². The summed E-state index contributed by atoms with van der Waals surface area (Å²) in [4.78, 5) is 23.4. The number of hydrogen-bond donors (Lipinski definition) is 1. The molecule has 1 aliphatic heterocycles. The Morgan fingerprint density at radius 3 is 2.83 bits per heavy atom. The van der Waals surface area contributed by atoms with Gasteiger partial charge in [0.15, 0.2) is 0 Å². The number of nitrogens with zero attached hydrogens (tertiary/aromatic N) is 1. The van der Waals surface area contributed by atoms with E-state index in [1.54, 1.807) is 6.92 Å². The fourth-order valence-electron chi connectivity index (χ4n) is 1.79. The summed E-state index contributed by atoms with van der Waals surface area (Å²) in [5, 5.41) is 11.4. The zero-order valence-electron chi connectivity index (χ0n) is 10.6. The van der Waals surface area contributed by atoms with Crippen molar-refractivity contribution in [2.75, 3.05) is 20.3 Å². The maximum absolute atomic E-state index is 11.9. The van der Waals surface area contributed by atoms with Crippen molar-refractivity contribution in [3.8, 4) is 6.07 Å². The second-order valence-electron chi connectivity index (χ2n) is 4.41. The zero-order valence-corrected chi connectivity index (χ0v) is 10.6. The molecule has 0 spiro atoms. The molecule has 0 saturated carbocycles. The Morgan fingerprint density at radius 2 is 2.33 bits per heavy atom. The van der Waals surface area contributed by atoms with Crippen molar-refractivity contribution < 1.29 is 19.1 Å². The summed E-state index contributed by atoms with van der Waals surface area (Å²) < 4.78 is 9.75. The van der Waals surface area contributed by atoms with Crippen LogP contribution in [0.2, 0.25) is 0 Å². The molecule has 6 heteroatoms. The first kappa shape index (κ1) is 14.5. The number of rotatable bonds is 5. The number of amides is 1. The third kappa shape index (κ3) is 4.00. The first-order chi connectivity index (χ1) is 8.58. The van der Waals surface area contributed by atoms with Gasteiger partial charge < -0.3 is 14.8 Å². The first-order valence-electron chi connectivity index (χ1n) is 5.94. The van der Waals surface area contributed by atoms with E-state index < -0.39 is 12.0 Å². The number of ether oxygens (including phenoxy) is 2. The van der Waals surface area contributed by atoms with E-state index >= 15 is 0 Å². The zero-order chi connectivity index (χ0) is 13.5. The van der Waals surface area contributed by atoms with Gasteiger partial charge >= 0.3 is 5.97 Å². The van der Waals surface area contributed by atoms with Gasteiger partial charge in [0, 0.05) is 12.5 Å². The van der Waals surface area contributed by atoms with E-state index in [1.165, 1.54) is 7.11 Å². The molecule has 100 valence electrons. The normalized spacial score (nSPS) is 21.7. The third-order valence-electron chi connectivity index (χ3n) is 2.91. The predicted molar refractivity (Wildman–Crippen MR) is 62.3 cm³/mol. The molecule has 1 heterocycles. The Labute approximate surface area is 106 Å². The number of methoxy groups -OCH3 is 1. The van der Waals surface area contributed by atoms with Crippen LogP contribution in [0.15, 0.2) is 0 Å². The topological polar surface area (TPSA) is 88.4 Å². The lowest BCUT2D eigenvalue weighted by Gasteiger charge is -2.19. The van der Waals surface area contributed by atoms with Crippen LogP contribution in [-0.2, 0) is 19.1 Å². The third-order valence-corrected chi connectivity index (χ3v) is 2.91. The average molecular weight is 254 g/mol. The van der Waals surface area contributed by atoms with Gasteiger partial charge in [0.2, 0.25) is 5.91 Å². The number of nitriles is 1. The summed E-state index contributed by atoms with van der Waals surface area (Å²) in [6.07, 6.45) is 0.913. The van der Waals surface area contributed by atoms with Crippen molar-refractivity contribution in [2.24, 2.45) is 11.8 Å². The predicted octanol–water partition coefficient (Wildman–Crippen LogP) is 0.230. The molecular weight excluding hydrogens is 236 g/mol. The van der Waals surface area contributed by atoms with Crippen molar-refractivity contribution in [2.45, 2.75) is 25.8 Å². The molecule has 1 saturated heterocycles. The summed E-state index contributed by atoms with van der Waals surface area (Å²) in [5.74, 6) is -1.28. The minimum Gasteiger partial charge on any atom is -0.467 e. The fourth-order valence-corrected chi connectivity index (χ4v) is 1.79. The number of carbonyl (C=O) groups is 2. The Hall–Kier alpha value is -1.61. The first-order valence-corrected chi connectivity index (χ1v) is 5.94. The highest BCUT2D eigenvalue weighted by molar-refractivity contribution is 5.85. The van der Waals surface area contributed by atoms with Crippen LogP contribution in [0.1, 0.15) is 19.8 Å². The standard InChI is InChI=1S/C12H18N2O4/c1-8(6-13)5-10(12(16)17-2)14-11(15)9-3-4-18-7-9/h8-10H,3-5,7H2,1-2H3,(H,14,15)/t8-,9-,10+/m1/s1. The van der Waals surface area contributed by atoms with Crippen LogP contribution in [0, 0.1) is 23.2 Å². The molecule has 0 unspecified atom stereocenters. The van der Waals surface area contributed by atoms with Gasteiger partial charge in [0.1, 0.15) is 6.04 Å². The summed E-state index contributed by atoms with van der Waals surface area (Å²) in [5.41, 5.74) is 0. The summed E-state index contributed by atoms with van der Waals surface area (Å²) in [6.45, 7) is 2.64. The Balaban J connectivity index is 2.57. The summed E-state index contributed by atoms with van der Waals surface area (Å²) in [7, 11) is 1.26. The SMILES string of the molecule is COC(=O)[C@H](C[C@@H](C)C#N)NC(=O)[C@@H]1CCOC1. The number of esters is 1. The molecule has 0 bridgehead atoms. The van der Waals surface area contributed by atoms with Crippen LogP contribution < -0.4 is 5.32 Å². The molecule has 1 aliphatic rings. The van der Waals surface area contributed by atoms with Gasteiger partial charge in [-0.2, -0.15) is 5.26 Å². The second kappa shape index (κ2) is 6.97. The Bertz CT molecular complexity index is 344. The molecule has 6 nitrogen and oxygen atoms in total. The van der Waals surface area contributed by atoms with E-state index in [-0.39, 0.29) is 24.2 Å². The molecular formula is C12H18N2O4. The quantitative estimate of drug-likeness (QED) is 0.709. The smallest absolute Gasteiger partial charge is 0.328 e. The lowest BCUT2D eigenvalue weighted by atomic mass is 10.0. The van der Waals surface area contributed by atoms with E-state index in [4.69, 9.17) is 10.00 Å². The molecule has 0 aromatic heterocycles. The highest BCUT2D eigenvalue weighted by atomic mass is 16.5. The van der Waals surface area contributed by atoms with Crippen molar-refractivity contribution in [1.29, 1.82) is 5.26 Å². The van der Waals surface area contributed by atoms with E-state index in [1.807, 2.05) is 6.07 Å². The highest BCUT2D eigenvalue weighted by Gasteiger charge is 2.29. The molecule has 0 aromatic carbocycles. The number of carbonyl (C=O) groups excluding carboxylic acids is 2. The molecule has 1 rings (SSSR count). The average Bonchev–Trinajstić information content (AvgIpc) is 2.90. The van der Waals surface area contributed by atoms with Crippen molar-refractivity contribution >= 4 is 11.9 Å². The molecule has 0 aromatic rings. The maximum Gasteiger partial charge on any atom is 0.328 e. The van der Waals surface area contributed by atoms with Crippen molar-refractivity contribution in [3.63, 3.8) is 0 Å². The minimum absolute atomic E-state index is 0.213. The van der Waals surface area contributed by atoms with Gasteiger partial charge in [0.05, 0.1) is 25.7 Å². The van der Waals surface area contributed by atoms with Gasteiger partial charge in [-0.25, -0.2) is 4.79 Å². The van der Waals surface area contributed by atoms with Crippen LogP contribution in [0.4, 0.5) is 0 Å². The highest BCUT2D eigenvalue weighted by Crippen LogP contribution is 2.14. The van der Waals surface area contributed by atoms with Gasteiger partial charge in [-0.3, -0.25) is 4.79 Å². The second-order valence-corrected chi connectivity index (χ2v) is 4.41. The van der Waals surface area contributed by atoms with E-state index in [0.29, 0.717) is 19.6 Å². The molecule has 1 N–H and O–H groups in total. The molecule has 1 fully saturated rings. The van der Waals surface area contributed by atoms with Crippen LogP contribution in [0.3, 0.4) is 0 Å². The molecule has 18 heavy (non-hydrogen) atoms. The lowest BCUT2D eigenvalue weighted by Crippen LogP contribution is -2.45. The summed E-state index contributed by atoms with van der Waals surface area (Å²) >= 11 is 0. The summed E-state index contributed by atoms with van der Waals surface area (Å²) in [6, 6.07) is 1.27. The minimum atomic E-state index is -0.766. The van der Waals surface area contributed by atoms with E-state index in [0.717, 1.165) is 0 Å². The Kier molecular flexibility index (Phi) is 5.59. The van der Waals surface area contributed by atoms with Crippen molar-refractivity contribution in [1.82, 2.24) is 5.32 Å². The van der Waals surface area contributed by atoms with E-state index in [9.17, 15) is 9.59 Å². The molecule has 3 atom stereocenters. The monoisotopic (exact) mass is 254 g/mol. The maximum atomic E-state index is 11.9. The molecule has 0 radical (unpaired) electrons. The number of hydrogen-bond acceptors (Lipinski definition) is 5. The van der Waals surface area contributed by atoms with Crippen LogP contribution >= 0.6 is 0 Å². The van der Waals surface area contributed by atoms with Gasteiger partial charge in [-0.1, -0.05) is 0 Å². The van der Waals surface area contributed by atoms with Crippen molar-refractivity contribution in [3.05, 3.63) is 0 Å². The van der Waals surface area contributed by atoms with Gasteiger partial charge in [-0.15, -0.1) is 0 Å². The molecule has 1 amide bonds. The Morgan fingerprint density at radius 1 is 1.61 bits per heavy atom. The van der Waals surface area contributed by atoms with Crippen LogP contribution in [0.5, 0.6) is 0 Å². The van der Waals surface area contributed by atoms with Gasteiger partial charge in [0.25, 0.3) is 0 Å². The fraction of sp³-hybridized carbons (Fsp3) is 0.750. The van der Waals surface area contributed by atoms with E-state index in [2.05, 4.69) is 10.1 Å². The molecule has 0 aliphatic carbocycles.